The lowest BCUT2D eigenvalue weighted by Crippen LogP contribution is -2.32. The molecule has 0 radical (unpaired) electrons. The molecule has 0 aromatic heterocycles. The van der Waals surface area contributed by atoms with E-state index in [1.54, 1.807) is 54.5 Å². The van der Waals surface area contributed by atoms with Crippen LogP contribution in [0.1, 0.15) is 32.7 Å². The van der Waals surface area contributed by atoms with Gasteiger partial charge in [0.25, 0.3) is 11.8 Å². The van der Waals surface area contributed by atoms with Gasteiger partial charge in [-0.1, -0.05) is 17.7 Å². The molecule has 0 atom stereocenters. The van der Waals surface area contributed by atoms with Gasteiger partial charge in [-0.05, 0) is 79.2 Å². The Morgan fingerprint density at radius 3 is 2.48 bits per heavy atom. The molecule has 0 bridgehead atoms. The van der Waals surface area contributed by atoms with E-state index in [1.807, 2.05) is 0 Å². The minimum absolute atomic E-state index is 0.170. The molecule has 8 heteroatoms. The van der Waals surface area contributed by atoms with Crippen LogP contribution in [0, 0.1) is 5.82 Å². The maximum absolute atomic E-state index is 13.4. The number of halogens is 2. The number of hydrogen-bond acceptors (Lipinski definition) is 4. The molecule has 3 N–H and O–H groups in total. The molecule has 2 amide bonds. The maximum atomic E-state index is 13.4. The number of rotatable bonds is 9. The summed E-state index contributed by atoms with van der Waals surface area (Å²) in [5, 5.41) is 3.20. The average molecular weight is 470 g/mol. The summed E-state index contributed by atoms with van der Waals surface area (Å²) in [6.45, 7) is 1.11. The second-order valence-electron chi connectivity index (χ2n) is 7.37. The van der Waals surface area contributed by atoms with Crippen molar-refractivity contribution in [3.8, 4) is 5.75 Å². The number of amides is 2. The molecule has 0 saturated carbocycles. The molecule has 0 spiro atoms. The van der Waals surface area contributed by atoms with Crippen LogP contribution in [0.3, 0.4) is 0 Å². The van der Waals surface area contributed by atoms with E-state index in [0.29, 0.717) is 47.1 Å². The van der Waals surface area contributed by atoms with Crippen LogP contribution in [0.2, 0.25) is 5.02 Å². The molecular formula is C25H25ClFN3O3. The van der Waals surface area contributed by atoms with Gasteiger partial charge in [-0.15, -0.1) is 0 Å². The van der Waals surface area contributed by atoms with Gasteiger partial charge in [0.1, 0.15) is 11.6 Å². The van der Waals surface area contributed by atoms with Gasteiger partial charge in [0, 0.05) is 34.9 Å². The van der Waals surface area contributed by atoms with Crippen LogP contribution in [-0.2, 0) is 6.54 Å². The SMILES string of the molecule is COc1ccc(C(=O)N(CCCN)Cc2cc(NC(=O)c3cccc(F)c3)ccc2Cl)cc1. The van der Waals surface area contributed by atoms with Gasteiger partial charge in [0.05, 0.1) is 7.11 Å². The number of nitrogens with two attached hydrogens (primary N) is 1. The number of nitrogens with one attached hydrogen (secondary N) is 1. The van der Waals surface area contributed by atoms with E-state index in [1.165, 1.54) is 18.2 Å². The average Bonchev–Trinajstić information content (AvgIpc) is 2.83. The van der Waals surface area contributed by atoms with Gasteiger partial charge < -0.3 is 20.7 Å². The smallest absolute Gasteiger partial charge is 0.255 e. The van der Waals surface area contributed by atoms with E-state index < -0.39 is 11.7 Å². The Labute approximate surface area is 197 Å². The van der Waals surface area contributed by atoms with Gasteiger partial charge in [-0.2, -0.15) is 0 Å². The van der Waals surface area contributed by atoms with Crippen molar-refractivity contribution in [2.75, 3.05) is 25.5 Å². The third kappa shape index (κ3) is 6.54. The first-order valence-electron chi connectivity index (χ1n) is 10.4. The lowest BCUT2D eigenvalue weighted by atomic mass is 10.1. The van der Waals surface area contributed by atoms with Gasteiger partial charge in [-0.25, -0.2) is 4.39 Å². The number of nitrogens with zero attached hydrogens (tertiary/aromatic N) is 1. The summed E-state index contributed by atoms with van der Waals surface area (Å²) in [6.07, 6.45) is 0.621. The molecule has 0 aliphatic carbocycles. The first-order valence-corrected chi connectivity index (χ1v) is 10.8. The molecule has 172 valence electrons. The minimum atomic E-state index is -0.493. The number of benzene rings is 3. The van der Waals surface area contributed by atoms with E-state index >= 15 is 0 Å². The Bertz CT molecular complexity index is 1120. The van der Waals surface area contributed by atoms with Crippen molar-refractivity contribution in [3.63, 3.8) is 0 Å². The summed E-state index contributed by atoms with van der Waals surface area (Å²) in [4.78, 5) is 27.3. The van der Waals surface area contributed by atoms with Gasteiger partial charge in [-0.3, -0.25) is 9.59 Å². The van der Waals surface area contributed by atoms with Gasteiger partial charge in [0.15, 0.2) is 0 Å². The van der Waals surface area contributed by atoms with Crippen LogP contribution in [0.4, 0.5) is 10.1 Å². The number of ether oxygens (including phenoxy) is 1. The minimum Gasteiger partial charge on any atom is -0.497 e. The van der Waals surface area contributed by atoms with Crippen molar-refractivity contribution in [1.29, 1.82) is 0 Å². The van der Waals surface area contributed by atoms with E-state index in [0.717, 1.165) is 6.07 Å². The summed E-state index contributed by atoms with van der Waals surface area (Å²) < 4.78 is 18.6. The lowest BCUT2D eigenvalue weighted by molar-refractivity contribution is 0.0742. The van der Waals surface area contributed by atoms with Crippen molar-refractivity contribution >= 4 is 29.1 Å². The number of anilines is 1. The quantitative estimate of drug-likeness (QED) is 0.474. The van der Waals surface area contributed by atoms with E-state index in [9.17, 15) is 14.0 Å². The van der Waals surface area contributed by atoms with Crippen LogP contribution in [-0.4, -0.2) is 36.9 Å². The molecule has 6 nitrogen and oxygen atoms in total. The molecule has 0 saturated heterocycles. The molecule has 0 aliphatic rings. The van der Waals surface area contributed by atoms with Crippen molar-refractivity contribution in [2.24, 2.45) is 5.73 Å². The number of carbonyl (C=O) groups is 2. The van der Waals surface area contributed by atoms with Gasteiger partial charge >= 0.3 is 0 Å². The largest absolute Gasteiger partial charge is 0.497 e. The zero-order chi connectivity index (χ0) is 23.8. The third-order valence-electron chi connectivity index (χ3n) is 5.01. The molecule has 33 heavy (non-hydrogen) atoms. The Hall–Kier alpha value is -3.42. The monoisotopic (exact) mass is 469 g/mol. The maximum Gasteiger partial charge on any atom is 0.255 e. The molecule has 3 aromatic carbocycles. The highest BCUT2D eigenvalue weighted by Crippen LogP contribution is 2.24. The zero-order valence-electron chi connectivity index (χ0n) is 18.2. The summed E-state index contributed by atoms with van der Waals surface area (Å²) in [5.41, 5.74) is 7.53. The predicted octanol–water partition coefficient (Wildman–Crippen LogP) is 4.73. The first-order chi connectivity index (χ1) is 15.9. The predicted molar refractivity (Wildman–Crippen MR) is 127 cm³/mol. The Morgan fingerprint density at radius 2 is 1.82 bits per heavy atom. The van der Waals surface area contributed by atoms with Crippen molar-refractivity contribution in [1.82, 2.24) is 4.90 Å². The van der Waals surface area contributed by atoms with Crippen molar-refractivity contribution in [2.45, 2.75) is 13.0 Å². The van der Waals surface area contributed by atoms with E-state index in [2.05, 4.69) is 5.32 Å². The number of methoxy groups -OCH3 is 1. The second-order valence-corrected chi connectivity index (χ2v) is 7.78. The highest BCUT2D eigenvalue weighted by molar-refractivity contribution is 6.31. The van der Waals surface area contributed by atoms with Crippen LogP contribution in [0.15, 0.2) is 66.7 Å². The molecule has 0 fully saturated rings. The van der Waals surface area contributed by atoms with Gasteiger partial charge in [0.2, 0.25) is 0 Å². The molecule has 0 heterocycles. The Morgan fingerprint density at radius 1 is 1.06 bits per heavy atom. The normalized spacial score (nSPS) is 10.5. The molecule has 0 unspecified atom stereocenters. The standard InChI is InChI=1S/C25H25ClFN3O3/c1-33-22-9-6-17(7-10-22)25(32)30(13-3-12-28)16-19-15-21(8-11-23(19)26)29-24(31)18-4-2-5-20(27)14-18/h2,4-11,14-15H,3,12-13,16,28H2,1H3,(H,29,31). The highest BCUT2D eigenvalue weighted by atomic mass is 35.5. The first kappa shape index (κ1) is 24.2. The van der Waals surface area contributed by atoms with E-state index in [-0.39, 0.29) is 18.0 Å². The Balaban J connectivity index is 1.80. The summed E-state index contributed by atoms with van der Waals surface area (Å²) in [7, 11) is 1.56. The van der Waals surface area contributed by atoms with Crippen LogP contribution in [0.5, 0.6) is 5.75 Å². The molecular weight excluding hydrogens is 445 g/mol. The molecule has 3 rings (SSSR count). The fourth-order valence-corrected chi connectivity index (χ4v) is 3.44. The Kier molecular flexibility index (Phi) is 8.40. The lowest BCUT2D eigenvalue weighted by Gasteiger charge is -2.24. The summed E-state index contributed by atoms with van der Waals surface area (Å²) >= 11 is 6.40. The zero-order valence-corrected chi connectivity index (χ0v) is 18.9. The fourth-order valence-electron chi connectivity index (χ4n) is 3.26. The third-order valence-corrected chi connectivity index (χ3v) is 5.38. The topological polar surface area (TPSA) is 84.7 Å². The van der Waals surface area contributed by atoms with E-state index in [4.69, 9.17) is 22.1 Å². The molecule has 0 aliphatic heterocycles. The summed E-state index contributed by atoms with van der Waals surface area (Å²) in [6, 6.07) is 17.3. The summed E-state index contributed by atoms with van der Waals surface area (Å²) in [5.74, 6) is -0.453. The number of carbonyl (C=O) groups excluding carboxylic acids is 2. The second kappa shape index (κ2) is 11.4. The fraction of sp³-hybridized carbons (Fsp3) is 0.200. The van der Waals surface area contributed by atoms with Crippen molar-refractivity contribution < 1.29 is 18.7 Å². The van der Waals surface area contributed by atoms with Crippen molar-refractivity contribution in [3.05, 3.63) is 94.3 Å². The van der Waals surface area contributed by atoms with Crippen LogP contribution < -0.4 is 15.8 Å². The van der Waals surface area contributed by atoms with Crippen LogP contribution in [0.25, 0.3) is 0 Å². The molecule has 3 aromatic rings. The van der Waals surface area contributed by atoms with Crippen LogP contribution >= 0.6 is 11.6 Å². The highest BCUT2D eigenvalue weighted by Gasteiger charge is 2.18. The number of hydrogen-bond donors (Lipinski definition) is 2.